The second-order valence-corrected chi connectivity index (χ2v) is 2.07. The lowest BCUT2D eigenvalue weighted by Gasteiger charge is -1.99. The Kier molecular flexibility index (Phi) is 4.21. The summed E-state index contributed by atoms with van der Waals surface area (Å²) in [6, 6.07) is 0. The van der Waals surface area contributed by atoms with Gasteiger partial charge in [0.2, 0.25) is 0 Å². The summed E-state index contributed by atoms with van der Waals surface area (Å²) in [4.78, 5) is 31.1. The number of rotatable bonds is 4. The smallest absolute Gasteiger partial charge is 0.334 e. The van der Waals surface area contributed by atoms with Gasteiger partial charge in [-0.2, -0.15) is 0 Å². The molecule has 13 heavy (non-hydrogen) atoms. The van der Waals surface area contributed by atoms with Gasteiger partial charge in [-0.25, -0.2) is 9.59 Å². The van der Waals surface area contributed by atoms with E-state index in [1.165, 1.54) is 0 Å². The first-order valence-corrected chi connectivity index (χ1v) is 3.21. The van der Waals surface area contributed by atoms with E-state index >= 15 is 0 Å². The van der Waals surface area contributed by atoms with Crippen LogP contribution in [0.2, 0.25) is 0 Å². The molecule has 2 N–H and O–H groups in total. The Hall–Kier alpha value is -1.85. The van der Waals surface area contributed by atoms with Crippen molar-refractivity contribution < 1.29 is 29.3 Å². The molecular weight excluding hydrogens is 180 g/mol. The van der Waals surface area contributed by atoms with Gasteiger partial charge in [-0.1, -0.05) is 0 Å². The molecule has 0 unspecified atom stereocenters. The van der Waals surface area contributed by atoms with Crippen LogP contribution in [0.1, 0.15) is 6.42 Å². The molecule has 6 nitrogen and oxygen atoms in total. The number of ether oxygens (including phenoxy) is 1. The first kappa shape index (κ1) is 11.2. The molecule has 0 rings (SSSR count). The average molecular weight is 188 g/mol. The minimum atomic E-state index is -1.39. The first-order chi connectivity index (χ1) is 5.97. The van der Waals surface area contributed by atoms with Crippen LogP contribution in [0, 0.1) is 0 Å². The molecule has 0 spiro atoms. The maximum atomic E-state index is 10.8. The van der Waals surface area contributed by atoms with E-state index in [2.05, 4.69) is 4.74 Å². The van der Waals surface area contributed by atoms with Crippen molar-refractivity contribution >= 4 is 17.9 Å². The Balaban J connectivity index is 4.65. The van der Waals surface area contributed by atoms with Crippen molar-refractivity contribution in [1.82, 2.24) is 0 Å². The lowest BCUT2D eigenvalue weighted by molar-refractivity contribution is -0.141. The second-order valence-electron chi connectivity index (χ2n) is 2.07. The predicted molar refractivity (Wildman–Crippen MR) is 40.0 cm³/mol. The van der Waals surface area contributed by atoms with Crippen LogP contribution in [0.3, 0.4) is 0 Å². The summed E-state index contributed by atoms with van der Waals surface area (Å²) in [5.74, 6) is -3.63. The van der Waals surface area contributed by atoms with E-state index in [9.17, 15) is 14.4 Å². The van der Waals surface area contributed by atoms with E-state index < -0.39 is 29.9 Å². The maximum Gasteiger partial charge on any atom is 0.334 e. The first-order valence-electron chi connectivity index (χ1n) is 3.21. The number of carboxylic acids is 2. The Bertz CT molecular complexity index is 264. The normalized spacial score (nSPS) is 10.7. The summed E-state index contributed by atoms with van der Waals surface area (Å²) in [5.41, 5.74) is -0.400. The minimum absolute atomic E-state index is 0.400. The van der Waals surface area contributed by atoms with Gasteiger partial charge in [-0.05, 0) is 0 Å². The molecule has 0 atom stereocenters. The molecule has 0 heterocycles. The zero-order valence-electron chi connectivity index (χ0n) is 6.81. The Morgan fingerprint density at radius 3 is 2.15 bits per heavy atom. The third kappa shape index (κ3) is 4.57. The summed E-state index contributed by atoms with van der Waals surface area (Å²) in [6.45, 7) is 0. The predicted octanol–water partition coefficient (Wildman–Crippen LogP) is -0.355. The number of hydrogen-bond acceptors (Lipinski definition) is 4. The zero-order chi connectivity index (χ0) is 10.4. The third-order valence-electron chi connectivity index (χ3n) is 1.09. The van der Waals surface area contributed by atoms with Gasteiger partial charge in [0.05, 0.1) is 19.1 Å². The van der Waals surface area contributed by atoms with Gasteiger partial charge in [-0.3, -0.25) is 4.79 Å². The Labute approximate surface area is 73.4 Å². The van der Waals surface area contributed by atoms with E-state index in [1.807, 2.05) is 0 Å². The molecule has 0 aliphatic heterocycles. The van der Waals surface area contributed by atoms with Gasteiger partial charge < -0.3 is 14.9 Å². The van der Waals surface area contributed by atoms with Crippen LogP contribution in [0.4, 0.5) is 0 Å². The molecular formula is C7H8O6. The fourth-order valence-corrected chi connectivity index (χ4v) is 0.625. The summed E-state index contributed by atoms with van der Waals surface area (Å²) in [7, 11) is 1.04. The molecule has 6 heteroatoms. The Morgan fingerprint density at radius 1 is 1.31 bits per heavy atom. The van der Waals surface area contributed by atoms with Crippen molar-refractivity contribution in [2.24, 2.45) is 0 Å². The third-order valence-corrected chi connectivity index (χ3v) is 1.09. The van der Waals surface area contributed by atoms with Gasteiger partial charge in [0.1, 0.15) is 0 Å². The molecule has 0 aliphatic carbocycles. The van der Waals surface area contributed by atoms with Crippen LogP contribution < -0.4 is 0 Å². The molecule has 0 saturated carbocycles. The molecule has 0 saturated heterocycles. The van der Waals surface area contributed by atoms with Crippen LogP contribution in [0.15, 0.2) is 11.6 Å². The van der Waals surface area contributed by atoms with E-state index in [4.69, 9.17) is 10.2 Å². The SMILES string of the molecule is COC(=O)/C(=C\C(=O)O)CC(=O)O. The van der Waals surface area contributed by atoms with E-state index in [0.29, 0.717) is 6.08 Å². The molecule has 0 amide bonds. The number of hydrogen-bond donors (Lipinski definition) is 2. The highest BCUT2D eigenvalue weighted by atomic mass is 16.5. The molecule has 0 aliphatic rings. The number of carboxylic acid groups (broad SMARTS) is 2. The van der Waals surface area contributed by atoms with Gasteiger partial charge in [-0.15, -0.1) is 0 Å². The van der Waals surface area contributed by atoms with Gasteiger partial charge >= 0.3 is 17.9 Å². The van der Waals surface area contributed by atoms with Crippen LogP contribution in [0.5, 0.6) is 0 Å². The molecule has 0 aromatic rings. The number of aliphatic carboxylic acids is 2. The molecule has 0 aromatic heterocycles. The lowest BCUT2D eigenvalue weighted by atomic mass is 10.2. The zero-order valence-corrected chi connectivity index (χ0v) is 6.81. The average Bonchev–Trinajstić information content (AvgIpc) is 2.00. The number of carbonyl (C=O) groups excluding carboxylic acids is 1. The fraction of sp³-hybridized carbons (Fsp3) is 0.286. The minimum Gasteiger partial charge on any atom is -0.481 e. The van der Waals surface area contributed by atoms with Gasteiger partial charge in [0.15, 0.2) is 0 Å². The number of esters is 1. The topological polar surface area (TPSA) is 101 Å². The largest absolute Gasteiger partial charge is 0.481 e. The van der Waals surface area contributed by atoms with Crippen LogP contribution in [-0.4, -0.2) is 35.2 Å². The van der Waals surface area contributed by atoms with Crippen LogP contribution in [-0.2, 0) is 19.1 Å². The van der Waals surface area contributed by atoms with Crippen molar-refractivity contribution in [3.05, 3.63) is 11.6 Å². The molecule has 0 fully saturated rings. The van der Waals surface area contributed by atoms with E-state index in [1.54, 1.807) is 0 Å². The number of methoxy groups -OCH3 is 1. The fourth-order valence-electron chi connectivity index (χ4n) is 0.625. The summed E-state index contributed by atoms with van der Waals surface area (Å²) < 4.78 is 4.18. The van der Waals surface area contributed by atoms with Gasteiger partial charge in [0.25, 0.3) is 0 Å². The van der Waals surface area contributed by atoms with Crippen molar-refractivity contribution in [2.45, 2.75) is 6.42 Å². The van der Waals surface area contributed by atoms with E-state index in [-0.39, 0.29) is 0 Å². The summed E-state index contributed by atoms with van der Waals surface area (Å²) >= 11 is 0. The highest BCUT2D eigenvalue weighted by molar-refractivity contribution is 5.98. The molecule has 0 radical (unpaired) electrons. The van der Waals surface area contributed by atoms with Gasteiger partial charge in [0, 0.05) is 6.08 Å². The highest BCUT2D eigenvalue weighted by Gasteiger charge is 2.14. The van der Waals surface area contributed by atoms with E-state index in [0.717, 1.165) is 7.11 Å². The van der Waals surface area contributed by atoms with Crippen molar-refractivity contribution in [1.29, 1.82) is 0 Å². The second kappa shape index (κ2) is 4.91. The van der Waals surface area contributed by atoms with Crippen LogP contribution >= 0.6 is 0 Å². The molecule has 72 valence electrons. The van der Waals surface area contributed by atoms with Crippen molar-refractivity contribution in [2.75, 3.05) is 7.11 Å². The highest BCUT2D eigenvalue weighted by Crippen LogP contribution is 2.03. The van der Waals surface area contributed by atoms with Crippen LogP contribution in [0.25, 0.3) is 0 Å². The van der Waals surface area contributed by atoms with Crippen molar-refractivity contribution in [3.8, 4) is 0 Å². The lowest BCUT2D eigenvalue weighted by Crippen LogP contribution is -2.11. The monoisotopic (exact) mass is 188 g/mol. The molecule has 0 bridgehead atoms. The maximum absolute atomic E-state index is 10.8. The van der Waals surface area contributed by atoms with Crippen molar-refractivity contribution in [3.63, 3.8) is 0 Å². The number of carbonyl (C=O) groups is 3. The summed E-state index contributed by atoms with van der Waals surface area (Å²) in [6.07, 6.45) is -0.154. The standard InChI is InChI=1S/C7H8O6/c1-13-7(12)4(2-5(8)9)3-6(10)11/h2H,3H2,1H3,(H,8,9)(H,10,11)/b4-2-. The molecule has 0 aromatic carbocycles. The Morgan fingerprint density at radius 2 is 1.85 bits per heavy atom. The quantitative estimate of drug-likeness (QED) is 0.461. The summed E-state index contributed by atoms with van der Waals surface area (Å²) in [5, 5.41) is 16.6.